The number of hydrogen-bond acceptors (Lipinski definition) is 4. The number of carbonyl (C=O) groups excluding carboxylic acids is 2. The van der Waals surface area contributed by atoms with Crippen molar-refractivity contribution in [2.75, 3.05) is 12.4 Å². The average molecular weight is 345 g/mol. The molecule has 128 valence electrons. The lowest BCUT2D eigenvalue weighted by atomic mass is 10.0. The first kappa shape index (κ1) is 18.2. The predicted molar refractivity (Wildman–Crippen MR) is 98.6 cm³/mol. The van der Waals surface area contributed by atoms with Gasteiger partial charge >= 0.3 is 5.97 Å². The fourth-order valence-corrected chi connectivity index (χ4v) is 3.39. The summed E-state index contributed by atoms with van der Waals surface area (Å²) in [6, 6.07) is 8.09. The summed E-state index contributed by atoms with van der Waals surface area (Å²) < 4.78 is 4.92. The molecule has 1 aromatic heterocycles. The number of benzene rings is 1. The standard InChI is InChI=1S/C19H23NO3S/c1-4-6-7-16(21)20-18-17(19(22)23-3)15(12-24-18)14-10-8-13(5-2)9-11-14/h8-12H,4-7H2,1-3H3,(H,20,21). The summed E-state index contributed by atoms with van der Waals surface area (Å²) in [5, 5.41) is 5.30. The first-order valence-corrected chi connectivity index (χ1v) is 9.07. The highest BCUT2D eigenvalue weighted by Crippen LogP contribution is 2.36. The third-order valence-electron chi connectivity index (χ3n) is 3.86. The van der Waals surface area contributed by atoms with Gasteiger partial charge in [0.25, 0.3) is 0 Å². The quantitative estimate of drug-likeness (QED) is 0.727. The Kier molecular flexibility index (Phi) is 6.55. The van der Waals surface area contributed by atoms with Crippen LogP contribution in [0, 0.1) is 0 Å². The van der Waals surface area contributed by atoms with Crippen molar-refractivity contribution in [3.05, 3.63) is 40.8 Å². The molecule has 0 aliphatic rings. The Balaban J connectivity index is 2.34. The molecule has 1 N–H and O–H groups in total. The smallest absolute Gasteiger partial charge is 0.341 e. The Morgan fingerprint density at radius 1 is 1.17 bits per heavy atom. The molecule has 2 rings (SSSR count). The molecule has 0 bridgehead atoms. The number of esters is 1. The lowest BCUT2D eigenvalue weighted by Gasteiger charge is -2.08. The van der Waals surface area contributed by atoms with Gasteiger partial charge in [-0.3, -0.25) is 4.79 Å². The van der Waals surface area contributed by atoms with Gasteiger partial charge in [-0.25, -0.2) is 4.79 Å². The van der Waals surface area contributed by atoms with Crippen LogP contribution in [0.3, 0.4) is 0 Å². The number of hydrogen-bond donors (Lipinski definition) is 1. The number of methoxy groups -OCH3 is 1. The zero-order chi connectivity index (χ0) is 17.5. The van der Waals surface area contributed by atoms with Gasteiger partial charge in [-0.1, -0.05) is 44.5 Å². The molecule has 1 heterocycles. The largest absolute Gasteiger partial charge is 0.465 e. The van der Waals surface area contributed by atoms with E-state index < -0.39 is 5.97 Å². The van der Waals surface area contributed by atoms with Crippen LogP contribution in [0.2, 0.25) is 0 Å². The topological polar surface area (TPSA) is 55.4 Å². The lowest BCUT2D eigenvalue weighted by molar-refractivity contribution is -0.116. The van der Waals surface area contributed by atoms with Crippen molar-refractivity contribution in [3.8, 4) is 11.1 Å². The van der Waals surface area contributed by atoms with Gasteiger partial charge in [0.1, 0.15) is 10.6 Å². The van der Waals surface area contributed by atoms with Crippen molar-refractivity contribution >= 4 is 28.2 Å². The van der Waals surface area contributed by atoms with Gasteiger partial charge < -0.3 is 10.1 Å². The number of ether oxygens (including phenoxy) is 1. The number of carbonyl (C=O) groups is 2. The molecular weight excluding hydrogens is 322 g/mol. The Labute approximate surface area is 146 Å². The van der Waals surface area contributed by atoms with E-state index in [2.05, 4.69) is 12.2 Å². The molecule has 24 heavy (non-hydrogen) atoms. The van der Waals surface area contributed by atoms with Gasteiger partial charge in [0.05, 0.1) is 7.11 Å². The first-order valence-electron chi connectivity index (χ1n) is 8.19. The van der Waals surface area contributed by atoms with Crippen molar-refractivity contribution in [1.29, 1.82) is 0 Å². The number of anilines is 1. The van der Waals surface area contributed by atoms with Crippen LogP contribution in [0.15, 0.2) is 29.6 Å². The van der Waals surface area contributed by atoms with E-state index in [1.165, 1.54) is 24.0 Å². The molecule has 0 radical (unpaired) electrons. The summed E-state index contributed by atoms with van der Waals surface area (Å²) in [4.78, 5) is 24.2. The molecule has 0 saturated heterocycles. The minimum atomic E-state index is -0.434. The van der Waals surface area contributed by atoms with Crippen molar-refractivity contribution in [2.24, 2.45) is 0 Å². The highest BCUT2D eigenvalue weighted by atomic mass is 32.1. The molecule has 0 aliphatic carbocycles. The van der Waals surface area contributed by atoms with Gasteiger partial charge in [0.2, 0.25) is 5.91 Å². The van der Waals surface area contributed by atoms with E-state index in [9.17, 15) is 9.59 Å². The molecule has 1 aromatic carbocycles. The predicted octanol–water partition coefficient (Wildman–Crippen LogP) is 4.89. The van der Waals surface area contributed by atoms with Crippen LogP contribution in [0.1, 0.15) is 49.0 Å². The second-order valence-corrected chi connectivity index (χ2v) is 6.43. The molecule has 0 saturated carbocycles. The van der Waals surface area contributed by atoms with Crippen LogP contribution < -0.4 is 5.32 Å². The summed E-state index contributed by atoms with van der Waals surface area (Å²) in [5.41, 5.74) is 3.40. The summed E-state index contributed by atoms with van der Waals surface area (Å²) >= 11 is 1.35. The number of nitrogens with one attached hydrogen (secondary N) is 1. The van der Waals surface area contributed by atoms with E-state index in [1.54, 1.807) is 0 Å². The second-order valence-electron chi connectivity index (χ2n) is 5.55. The Bertz CT molecular complexity index is 704. The third kappa shape index (κ3) is 4.23. The first-order chi connectivity index (χ1) is 11.6. The number of rotatable bonds is 7. The van der Waals surface area contributed by atoms with Crippen LogP contribution in [0.5, 0.6) is 0 Å². The number of aryl methyl sites for hydroxylation is 1. The molecule has 1 amide bonds. The monoisotopic (exact) mass is 345 g/mol. The SMILES string of the molecule is CCCCC(=O)Nc1scc(-c2ccc(CC)cc2)c1C(=O)OC. The van der Waals surface area contributed by atoms with E-state index in [0.717, 1.165) is 30.4 Å². The maximum Gasteiger partial charge on any atom is 0.341 e. The molecule has 5 heteroatoms. The van der Waals surface area contributed by atoms with Gasteiger partial charge in [0.15, 0.2) is 0 Å². The van der Waals surface area contributed by atoms with Crippen LogP contribution in [0.4, 0.5) is 5.00 Å². The highest BCUT2D eigenvalue weighted by molar-refractivity contribution is 7.15. The molecule has 0 atom stereocenters. The van der Waals surface area contributed by atoms with Crippen molar-refractivity contribution < 1.29 is 14.3 Å². The average Bonchev–Trinajstić information content (AvgIpc) is 3.02. The number of thiophene rings is 1. The van der Waals surface area contributed by atoms with Crippen molar-refractivity contribution in [3.63, 3.8) is 0 Å². The second kappa shape index (κ2) is 8.64. The number of amides is 1. The van der Waals surface area contributed by atoms with Crippen LogP contribution >= 0.6 is 11.3 Å². The van der Waals surface area contributed by atoms with E-state index >= 15 is 0 Å². The molecule has 0 spiro atoms. The Morgan fingerprint density at radius 3 is 2.46 bits per heavy atom. The van der Waals surface area contributed by atoms with Crippen LogP contribution in [-0.2, 0) is 16.0 Å². The molecule has 0 fully saturated rings. The van der Waals surface area contributed by atoms with E-state index in [0.29, 0.717) is 17.0 Å². The maximum absolute atomic E-state index is 12.2. The fourth-order valence-electron chi connectivity index (χ4n) is 2.41. The van der Waals surface area contributed by atoms with E-state index in [4.69, 9.17) is 4.74 Å². The molecular formula is C19H23NO3S. The minimum absolute atomic E-state index is 0.0725. The highest BCUT2D eigenvalue weighted by Gasteiger charge is 2.22. The zero-order valence-electron chi connectivity index (χ0n) is 14.3. The van der Waals surface area contributed by atoms with Gasteiger partial charge in [-0.05, 0) is 24.0 Å². The Hall–Kier alpha value is -2.14. The molecule has 4 nitrogen and oxygen atoms in total. The summed E-state index contributed by atoms with van der Waals surface area (Å²) in [7, 11) is 1.35. The normalized spacial score (nSPS) is 10.5. The number of unbranched alkanes of at least 4 members (excludes halogenated alkanes) is 1. The van der Waals surface area contributed by atoms with Gasteiger partial charge in [0, 0.05) is 17.4 Å². The Morgan fingerprint density at radius 2 is 1.88 bits per heavy atom. The van der Waals surface area contributed by atoms with E-state index in [-0.39, 0.29) is 5.91 Å². The van der Waals surface area contributed by atoms with Crippen molar-refractivity contribution in [1.82, 2.24) is 0 Å². The van der Waals surface area contributed by atoms with E-state index in [1.807, 2.05) is 36.6 Å². The minimum Gasteiger partial charge on any atom is -0.465 e. The zero-order valence-corrected chi connectivity index (χ0v) is 15.2. The lowest BCUT2D eigenvalue weighted by Crippen LogP contribution is -2.13. The summed E-state index contributed by atoms with van der Waals surface area (Å²) in [6.45, 7) is 4.14. The summed E-state index contributed by atoms with van der Waals surface area (Å²) in [5.74, 6) is -0.506. The van der Waals surface area contributed by atoms with Crippen LogP contribution in [0.25, 0.3) is 11.1 Å². The molecule has 0 unspecified atom stereocenters. The van der Waals surface area contributed by atoms with Gasteiger partial charge in [-0.15, -0.1) is 11.3 Å². The van der Waals surface area contributed by atoms with Gasteiger partial charge in [-0.2, -0.15) is 0 Å². The van der Waals surface area contributed by atoms with Crippen LogP contribution in [-0.4, -0.2) is 19.0 Å². The molecule has 0 aliphatic heterocycles. The third-order valence-corrected chi connectivity index (χ3v) is 4.76. The summed E-state index contributed by atoms with van der Waals surface area (Å²) in [6.07, 6.45) is 3.20. The maximum atomic E-state index is 12.2. The molecule has 2 aromatic rings. The van der Waals surface area contributed by atoms with Crippen molar-refractivity contribution in [2.45, 2.75) is 39.5 Å². The fraction of sp³-hybridized carbons (Fsp3) is 0.368.